The molecular formula is C25H25ClF3N11O2S. The Kier molecular flexibility index (Phi) is 7.45. The SMILES string of the molecule is N#Cc1cc(Nc2nc(NC3CC3)c3ncc(C#N)n3n2)c(Cl)c(N2CCN(C3CN(S(=O)(=O)CC(F)(F)F)C3)CC2)c1. The van der Waals surface area contributed by atoms with E-state index < -0.39 is 22.0 Å². The summed E-state index contributed by atoms with van der Waals surface area (Å²) in [7, 11) is -4.39. The predicted molar refractivity (Wildman–Crippen MR) is 151 cm³/mol. The molecule has 1 aliphatic carbocycles. The van der Waals surface area contributed by atoms with Crippen molar-refractivity contribution in [1.29, 1.82) is 10.5 Å². The van der Waals surface area contributed by atoms with E-state index in [1.54, 1.807) is 12.1 Å². The summed E-state index contributed by atoms with van der Waals surface area (Å²) in [5, 5.41) is 30.4. The first-order chi connectivity index (χ1) is 20.4. The van der Waals surface area contributed by atoms with Crippen LogP contribution in [0, 0.1) is 22.7 Å². The largest absolute Gasteiger partial charge is 0.404 e. The molecule has 2 aromatic heterocycles. The van der Waals surface area contributed by atoms with Gasteiger partial charge in [0.25, 0.3) is 0 Å². The number of nitrogens with one attached hydrogen (secondary N) is 2. The van der Waals surface area contributed by atoms with Crippen LogP contribution in [0.3, 0.4) is 0 Å². The van der Waals surface area contributed by atoms with Crippen molar-refractivity contribution in [1.82, 2.24) is 28.8 Å². The number of hydrogen-bond donors (Lipinski definition) is 2. The van der Waals surface area contributed by atoms with Crippen LogP contribution in [0.2, 0.25) is 5.02 Å². The van der Waals surface area contributed by atoms with E-state index in [0.717, 1.165) is 17.1 Å². The summed E-state index contributed by atoms with van der Waals surface area (Å²) in [5.41, 5.74) is 1.97. The molecule has 18 heteroatoms. The fourth-order valence-electron chi connectivity index (χ4n) is 5.14. The number of anilines is 4. The summed E-state index contributed by atoms with van der Waals surface area (Å²) in [6.07, 6.45) is -1.38. The minimum Gasteiger partial charge on any atom is -0.368 e. The highest BCUT2D eigenvalue weighted by atomic mass is 35.5. The Morgan fingerprint density at radius 1 is 1.09 bits per heavy atom. The van der Waals surface area contributed by atoms with Gasteiger partial charge in [-0.15, -0.1) is 5.10 Å². The highest BCUT2D eigenvalue weighted by Crippen LogP contribution is 2.37. The van der Waals surface area contributed by atoms with Crippen molar-refractivity contribution in [3.05, 3.63) is 34.6 Å². The average molecular weight is 636 g/mol. The molecule has 0 radical (unpaired) electrons. The van der Waals surface area contributed by atoms with E-state index in [2.05, 4.69) is 37.8 Å². The molecule has 2 saturated heterocycles. The highest BCUT2D eigenvalue weighted by Gasteiger charge is 2.45. The zero-order chi connectivity index (χ0) is 30.5. The van der Waals surface area contributed by atoms with Crippen molar-refractivity contribution in [2.75, 3.05) is 60.6 Å². The van der Waals surface area contributed by atoms with Gasteiger partial charge in [-0.05, 0) is 25.0 Å². The molecule has 3 fully saturated rings. The van der Waals surface area contributed by atoms with Crippen molar-refractivity contribution in [2.45, 2.75) is 31.1 Å². The number of rotatable bonds is 8. The molecule has 0 amide bonds. The molecule has 3 aliphatic rings. The number of piperazine rings is 1. The smallest absolute Gasteiger partial charge is 0.368 e. The molecule has 43 heavy (non-hydrogen) atoms. The molecule has 2 aliphatic heterocycles. The summed E-state index contributed by atoms with van der Waals surface area (Å²) in [5.74, 6) is -1.25. The molecule has 0 atom stereocenters. The average Bonchev–Trinajstić information content (AvgIpc) is 3.63. The molecule has 226 valence electrons. The van der Waals surface area contributed by atoms with E-state index in [-0.39, 0.29) is 36.8 Å². The topological polar surface area (TPSA) is 159 Å². The lowest BCUT2D eigenvalue weighted by atomic mass is 10.1. The van der Waals surface area contributed by atoms with Crippen LogP contribution in [0.5, 0.6) is 0 Å². The second kappa shape index (κ2) is 11.0. The fourth-order valence-corrected chi connectivity index (χ4v) is 6.81. The fraction of sp³-hybridized carbons (Fsp3) is 0.480. The minimum atomic E-state index is -4.78. The van der Waals surface area contributed by atoms with Crippen LogP contribution in [-0.2, 0) is 10.0 Å². The molecule has 1 saturated carbocycles. The Bertz CT molecular complexity index is 1750. The number of fused-ring (bicyclic) bond motifs is 1. The first-order valence-corrected chi connectivity index (χ1v) is 15.4. The van der Waals surface area contributed by atoms with Gasteiger partial charge in [-0.25, -0.2) is 13.4 Å². The van der Waals surface area contributed by atoms with Crippen molar-refractivity contribution >= 4 is 50.4 Å². The van der Waals surface area contributed by atoms with Gasteiger partial charge >= 0.3 is 6.18 Å². The van der Waals surface area contributed by atoms with E-state index in [1.165, 1.54) is 10.7 Å². The zero-order valence-corrected chi connectivity index (χ0v) is 24.1. The first-order valence-electron chi connectivity index (χ1n) is 13.4. The number of nitriles is 2. The molecule has 3 aromatic rings. The standard InChI is InChI=1S/C25H25ClF3N11O2S/c26-21-19(34-24-35-22(33-16-1-2-16)23-32-11-17(10-31)40(23)36-24)7-15(9-30)8-20(21)38-5-3-37(4-6-38)18-12-39(13-18)43(41,42)14-25(27,28)29/h7-8,11,16,18H,1-6,12-14H2,(H2,33,34,35,36). The molecular weight excluding hydrogens is 611 g/mol. The van der Waals surface area contributed by atoms with Crippen LogP contribution in [-0.4, -0.2) is 100 Å². The number of benzene rings is 1. The van der Waals surface area contributed by atoms with Crippen molar-refractivity contribution < 1.29 is 21.6 Å². The third-order valence-corrected chi connectivity index (χ3v) is 9.74. The van der Waals surface area contributed by atoms with Crippen molar-refractivity contribution in [3.8, 4) is 12.1 Å². The normalized spacial score (nSPS) is 18.7. The van der Waals surface area contributed by atoms with Gasteiger partial charge in [-0.3, -0.25) is 4.90 Å². The number of hydrogen-bond acceptors (Lipinski definition) is 11. The van der Waals surface area contributed by atoms with E-state index >= 15 is 0 Å². The summed E-state index contributed by atoms with van der Waals surface area (Å²) in [6, 6.07) is 7.53. The van der Waals surface area contributed by atoms with E-state index in [1.807, 2.05) is 9.80 Å². The Morgan fingerprint density at radius 3 is 2.44 bits per heavy atom. The Labute approximate surface area is 249 Å². The molecule has 0 bridgehead atoms. The van der Waals surface area contributed by atoms with E-state index in [9.17, 15) is 32.1 Å². The lowest BCUT2D eigenvalue weighted by Gasteiger charge is -2.47. The Balaban J connectivity index is 1.17. The van der Waals surface area contributed by atoms with Crippen LogP contribution < -0.4 is 15.5 Å². The highest BCUT2D eigenvalue weighted by molar-refractivity contribution is 7.89. The molecule has 6 rings (SSSR count). The third-order valence-electron chi connectivity index (χ3n) is 7.56. The van der Waals surface area contributed by atoms with Crippen LogP contribution in [0.15, 0.2) is 18.3 Å². The quantitative estimate of drug-likeness (QED) is 0.375. The number of sulfonamides is 1. The summed E-state index contributed by atoms with van der Waals surface area (Å²) < 4.78 is 64.2. The summed E-state index contributed by atoms with van der Waals surface area (Å²) in [6.45, 7) is 2.09. The molecule has 1 aromatic carbocycles. The number of nitrogens with zero attached hydrogens (tertiary/aromatic N) is 9. The van der Waals surface area contributed by atoms with Crippen molar-refractivity contribution in [3.63, 3.8) is 0 Å². The van der Waals surface area contributed by atoms with Gasteiger partial charge < -0.3 is 15.5 Å². The lowest BCUT2D eigenvalue weighted by molar-refractivity contribution is -0.107. The Hall–Kier alpha value is -3.90. The van der Waals surface area contributed by atoms with Crippen LogP contribution in [0.1, 0.15) is 24.1 Å². The first kappa shape index (κ1) is 29.2. The maximum absolute atomic E-state index is 12.6. The number of halogens is 4. The molecule has 0 unspecified atom stereocenters. The maximum atomic E-state index is 12.6. The van der Waals surface area contributed by atoms with Crippen LogP contribution in [0.4, 0.5) is 36.3 Å². The monoisotopic (exact) mass is 635 g/mol. The van der Waals surface area contributed by atoms with Crippen LogP contribution in [0.25, 0.3) is 5.65 Å². The second-order valence-corrected chi connectivity index (χ2v) is 13.0. The molecule has 2 N–H and O–H groups in total. The van der Waals surface area contributed by atoms with Crippen molar-refractivity contribution in [2.24, 2.45) is 0 Å². The number of alkyl halides is 3. The zero-order valence-electron chi connectivity index (χ0n) is 22.5. The Morgan fingerprint density at radius 2 is 1.81 bits per heavy atom. The third kappa shape index (κ3) is 6.12. The van der Waals surface area contributed by atoms with E-state index in [0.29, 0.717) is 59.6 Å². The second-order valence-electron chi connectivity index (χ2n) is 10.7. The molecule has 0 spiro atoms. The van der Waals surface area contributed by atoms with Gasteiger partial charge in [0, 0.05) is 51.4 Å². The van der Waals surface area contributed by atoms with E-state index in [4.69, 9.17) is 11.6 Å². The summed E-state index contributed by atoms with van der Waals surface area (Å²) in [4.78, 5) is 12.9. The van der Waals surface area contributed by atoms with Gasteiger partial charge in [-0.1, -0.05) is 11.6 Å². The van der Waals surface area contributed by atoms with Crippen LogP contribution >= 0.6 is 11.6 Å². The minimum absolute atomic E-state index is 0.0174. The predicted octanol–water partition coefficient (Wildman–Crippen LogP) is 2.54. The van der Waals surface area contributed by atoms with Gasteiger partial charge in [0.1, 0.15) is 6.07 Å². The van der Waals surface area contributed by atoms with Gasteiger partial charge in [0.2, 0.25) is 16.0 Å². The molecule has 4 heterocycles. The lowest BCUT2D eigenvalue weighted by Crippen LogP contribution is -2.64. The molecule has 13 nitrogen and oxygen atoms in total. The van der Waals surface area contributed by atoms with Gasteiger partial charge in [-0.2, -0.15) is 37.5 Å². The van der Waals surface area contributed by atoms with Gasteiger partial charge in [0.05, 0.1) is 34.2 Å². The van der Waals surface area contributed by atoms with Gasteiger partial charge in [0.15, 0.2) is 22.9 Å². The number of imidazole rings is 1. The maximum Gasteiger partial charge on any atom is 0.404 e. The number of aromatic nitrogens is 4. The summed E-state index contributed by atoms with van der Waals surface area (Å²) >= 11 is 6.84.